The Bertz CT molecular complexity index is 492. The molecule has 2 aromatic heterocycles. The van der Waals surface area contributed by atoms with Gasteiger partial charge >= 0.3 is 0 Å². The van der Waals surface area contributed by atoms with Crippen LogP contribution in [0.1, 0.15) is 15.9 Å². The minimum atomic E-state index is 0. The number of ether oxygens (including phenoxy) is 1. The van der Waals surface area contributed by atoms with E-state index in [0.717, 1.165) is 29.6 Å². The molecule has 1 N–H and O–H groups in total. The second kappa shape index (κ2) is 5.84. The van der Waals surface area contributed by atoms with E-state index in [1.54, 1.807) is 17.6 Å². The van der Waals surface area contributed by atoms with E-state index in [1.165, 1.54) is 4.88 Å². The first kappa shape index (κ1) is 13.5. The number of nitrogens with one attached hydrogen (secondary N) is 1. The number of nitrogens with zero attached hydrogens (tertiary/aromatic N) is 1. The molecule has 1 aliphatic rings. The molecule has 1 aliphatic heterocycles. The van der Waals surface area contributed by atoms with Crippen LogP contribution in [0.5, 0.6) is 0 Å². The van der Waals surface area contributed by atoms with Crippen LogP contribution in [0.15, 0.2) is 22.8 Å². The number of thiazole rings is 1. The molecule has 1 saturated heterocycles. The van der Waals surface area contributed by atoms with Crippen molar-refractivity contribution in [3.8, 4) is 11.5 Å². The van der Waals surface area contributed by atoms with Crippen LogP contribution in [0.4, 0.5) is 0 Å². The molecule has 1 atom stereocenters. The van der Waals surface area contributed by atoms with Crippen LogP contribution in [0, 0.1) is 6.92 Å². The molecule has 0 radical (unpaired) electrons. The Morgan fingerprint density at radius 2 is 2.39 bits per heavy atom. The average Bonchev–Trinajstić information content (AvgIpc) is 2.99. The Kier molecular flexibility index (Phi) is 4.40. The summed E-state index contributed by atoms with van der Waals surface area (Å²) in [4.78, 5) is 5.84. The Labute approximate surface area is 116 Å². The zero-order valence-electron chi connectivity index (χ0n) is 10.0. The lowest BCUT2D eigenvalue weighted by Crippen LogP contribution is -2.34. The molecule has 1 unspecified atom stereocenters. The lowest BCUT2D eigenvalue weighted by atomic mass is 10.3. The molecular formula is C12H15ClN2O2S. The normalized spacial score (nSPS) is 19.5. The second-order valence-electron chi connectivity index (χ2n) is 4.02. The number of halogens is 1. The maximum absolute atomic E-state index is 5.46. The quantitative estimate of drug-likeness (QED) is 0.922. The Morgan fingerprint density at radius 3 is 3.06 bits per heavy atom. The van der Waals surface area contributed by atoms with E-state index in [2.05, 4.69) is 17.2 Å². The van der Waals surface area contributed by atoms with Gasteiger partial charge in [-0.05, 0) is 19.1 Å². The van der Waals surface area contributed by atoms with Gasteiger partial charge < -0.3 is 14.5 Å². The van der Waals surface area contributed by atoms with Crippen LogP contribution in [-0.2, 0) is 4.74 Å². The summed E-state index contributed by atoms with van der Waals surface area (Å²) in [5.74, 6) is 0.835. The third kappa shape index (κ3) is 2.59. The molecule has 3 heterocycles. The fourth-order valence-corrected chi connectivity index (χ4v) is 2.92. The molecule has 1 fully saturated rings. The van der Waals surface area contributed by atoms with Crippen LogP contribution in [0.2, 0.25) is 0 Å². The molecule has 18 heavy (non-hydrogen) atoms. The zero-order chi connectivity index (χ0) is 11.7. The number of aromatic nitrogens is 1. The Balaban J connectivity index is 0.00000120. The van der Waals surface area contributed by atoms with Gasteiger partial charge in [-0.3, -0.25) is 0 Å². The Hall–Kier alpha value is -0.880. The van der Waals surface area contributed by atoms with Gasteiger partial charge in [0.25, 0.3) is 0 Å². The van der Waals surface area contributed by atoms with Crippen molar-refractivity contribution >= 4 is 23.7 Å². The molecule has 2 aromatic rings. The van der Waals surface area contributed by atoms with Crippen LogP contribution in [-0.4, -0.2) is 24.7 Å². The zero-order valence-corrected chi connectivity index (χ0v) is 11.6. The van der Waals surface area contributed by atoms with E-state index in [4.69, 9.17) is 9.15 Å². The highest BCUT2D eigenvalue weighted by Gasteiger charge is 2.21. The first-order valence-corrected chi connectivity index (χ1v) is 6.48. The summed E-state index contributed by atoms with van der Waals surface area (Å²) in [6, 6.07) is 4.04. The van der Waals surface area contributed by atoms with Crippen molar-refractivity contribution in [2.75, 3.05) is 19.8 Å². The van der Waals surface area contributed by atoms with Crippen molar-refractivity contribution in [1.29, 1.82) is 0 Å². The minimum Gasteiger partial charge on any atom is -0.463 e. The molecule has 98 valence electrons. The number of aryl methyl sites for hydroxylation is 1. The summed E-state index contributed by atoms with van der Waals surface area (Å²) >= 11 is 1.71. The molecule has 0 amide bonds. The first-order valence-electron chi connectivity index (χ1n) is 5.67. The van der Waals surface area contributed by atoms with Crippen molar-refractivity contribution < 1.29 is 9.15 Å². The van der Waals surface area contributed by atoms with Gasteiger partial charge in [0.2, 0.25) is 0 Å². The maximum atomic E-state index is 5.46. The highest BCUT2D eigenvalue weighted by atomic mass is 35.5. The van der Waals surface area contributed by atoms with Crippen LogP contribution in [0.25, 0.3) is 11.5 Å². The fourth-order valence-electron chi connectivity index (χ4n) is 1.93. The standard InChI is InChI=1S/C12H14N2O2S.ClH/c1-8-11(10-3-2-5-16-10)14-12(17-8)9-7-15-6-4-13-9;/h2-3,5,9,13H,4,6-7H2,1H3;1H. The largest absolute Gasteiger partial charge is 0.463 e. The van der Waals surface area contributed by atoms with Crippen LogP contribution >= 0.6 is 23.7 Å². The van der Waals surface area contributed by atoms with E-state index < -0.39 is 0 Å². The molecule has 0 spiro atoms. The second-order valence-corrected chi connectivity index (χ2v) is 5.25. The predicted octanol–water partition coefficient (Wildman–Crippen LogP) is 2.79. The number of morpholine rings is 1. The molecule has 6 heteroatoms. The SMILES string of the molecule is Cc1sc(C2COCCN2)nc1-c1ccco1.Cl. The number of hydrogen-bond donors (Lipinski definition) is 1. The monoisotopic (exact) mass is 286 g/mol. The van der Waals surface area contributed by atoms with E-state index in [-0.39, 0.29) is 18.4 Å². The van der Waals surface area contributed by atoms with Crippen molar-refractivity contribution in [3.63, 3.8) is 0 Å². The van der Waals surface area contributed by atoms with Gasteiger partial charge in [-0.15, -0.1) is 23.7 Å². The van der Waals surface area contributed by atoms with Crippen molar-refractivity contribution in [2.24, 2.45) is 0 Å². The van der Waals surface area contributed by atoms with Gasteiger partial charge in [-0.2, -0.15) is 0 Å². The minimum absolute atomic E-state index is 0. The summed E-state index contributed by atoms with van der Waals surface area (Å²) in [6.07, 6.45) is 1.68. The smallest absolute Gasteiger partial charge is 0.153 e. The molecule has 0 aromatic carbocycles. The topological polar surface area (TPSA) is 47.3 Å². The van der Waals surface area contributed by atoms with Crippen molar-refractivity contribution in [1.82, 2.24) is 10.3 Å². The van der Waals surface area contributed by atoms with E-state index in [1.807, 2.05) is 12.1 Å². The lowest BCUT2D eigenvalue weighted by Gasteiger charge is -2.21. The summed E-state index contributed by atoms with van der Waals surface area (Å²) in [6.45, 7) is 4.44. The van der Waals surface area contributed by atoms with Gasteiger partial charge in [0.05, 0.1) is 25.5 Å². The fraction of sp³-hybridized carbons (Fsp3) is 0.417. The van der Waals surface area contributed by atoms with Crippen molar-refractivity contribution in [2.45, 2.75) is 13.0 Å². The van der Waals surface area contributed by atoms with Crippen LogP contribution < -0.4 is 5.32 Å². The molecule has 0 bridgehead atoms. The van der Waals surface area contributed by atoms with E-state index in [0.29, 0.717) is 6.61 Å². The lowest BCUT2D eigenvalue weighted by molar-refractivity contribution is 0.0768. The summed E-state index contributed by atoms with van der Waals surface area (Å²) < 4.78 is 10.9. The highest BCUT2D eigenvalue weighted by molar-refractivity contribution is 7.12. The highest BCUT2D eigenvalue weighted by Crippen LogP contribution is 2.31. The van der Waals surface area contributed by atoms with Gasteiger partial charge in [0.1, 0.15) is 10.7 Å². The van der Waals surface area contributed by atoms with Gasteiger partial charge in [0.15, 0.2) is 5.76 Å². The Morgan fingerprint density at radius 1 is 1.50 bits per heavy atom. The van der Waals surface area contributed by atoms with E-state index >= 15 is 0 Å². The number of furan rings is 1. The van der Waals surface area contributed by atoms with Crippen LogP contribution in [0.3, 0.4) is 0 Å². The molecule has 0 aliphatic carbocycles. The molecule has 3 rings (SSSR count). The van der Waals surface area contributed by atoms with Gasteiger partial charge in [-0.25, -0.2) is 4.98 Å². The first-order chi connectivity index (χ1) is 8.34. The summed E-state index contributed by atoms with van der Waals surface area (Å²) in [5, 5.41) is 4.49. The third-order valence-electron chi connectivity index (χ3n) is 2.79. The van der Waals surface area contributed by atoms with Gasteiger partial charge in [-0.1, -0.05) is 0 Å². The summed E-state index contributed by atoms with van der Waals surface area (Å²) in [7, 11) is 0. The van der Waals surface area contributed by atoms with E-state index in [9.17, 15) is 0 Å². The predicted molar refractivity (Wildman–Crippen MR) is 73.4 cm³/mol. The summed E-state index contributed by atoms with van der Waals surface area (Å²) in [5.41, 5.74) is 0.947. The van der Waals surface area contributed by atoms with Crippen molar-refractivity contribution in [3.05, 3.63) is 28.3 Å². The molecule has 4 nitrogen and oxygen atoms in total. The average molecular weight is 287 g/mol. The van der Waals surface area contributed by atoms with Gasteiger partial charge in [0, 0.05) is 11.4 Å². The number of rotatable bonds is 2. The molecular weight excluding hydrogens is 272 g/mol. The number of hydrogen-bond acceptors (Lipinski definition) is 5. The maximum Gasteiger partial charge on any atom is 0.153 e. The molecule has 0 saturated carbocycles. The third-order valence-corrected chi connectivity index (χ3v) is 3.87.